The first-order valence-electron chi connectivity index (χ1n) is 8.10. The number of alkyl halides is 3. The van der Waals surface area contributed by atoms with Gasteiger partial charge in [0.1, 0.15) is 5.82 Å². The number of benzene rings is 2. The summed E-state index contributed by atoms with van der Waals surface area (Å²) in [5.41, 5.74) is 2.13. The molecule has 0 radical (unpaired) electrons. The van der Waals surface area contributed by atoms with Crippen molar-refractivity contribution in [1.29, 1.82) is 0 Å². The van der Waals surface area contributed by atoms with Gasteiger partial charge in [0.05, 0.1) is 29.2 Å². The number of halogens is 3. The van der Waals surface area contributed by atoms with E-state index in [4.69, 9.17) is 0 Å². The van der Waals surface area contributed by atoms with E-state index in [9.17, 15) is 13.2 Å². The van der Waals surface area contributed by atoms with Gasteiger partial charge in [0.15, 0.2) is 0 Å². The van der Waals surface area contributed by atoms with E-state index in [1.165, 1.54) is 18.3 Å². The van der Waals surface area contributed by atoms with Crippen LogP contribution in [0.25, 0.3) is 22.2 Å². The lowest BCUT2D eigenvalue weighted by molar-refractivity contribution is -0.137. The lowest BCUT2D eigenvalue weighted by Gasteiger charge is -2.10. The predicted octanol–water partition coefficient (Wildman–Crippen LogP) is 5.45. The number of anilines is 2. The number of pyridine rings is 1. The van der Waals surface area contributed by atoms with Crippen molar-refractivity contribution in [2.75, 3.05) is 5.32 Å². The SMILES string of the molecule is FC(F)(F)c1ccc(Nc2cncc(-c3ccc4cccnc4c3)n2)cc1. The van der Waals surface area contributed by atoms with E-state index in [1.54, 1.807) is 12.4 Å². The van der Waals surface area contributed by atoms with Crippen molar-refractivity contribution in [3.63, 3.8) is 0 Å². The fourth-order valence-electron chi connectivity index (χ4n) is 2.68. The maximum atomic E-state index is 12.7. The van der Waals surface area contributed by atoms with Crippen LogP contribution < -0.4 is 5.32 Å². The van der Waals surface area contributed by atoms with Crippen molar-refractivity contribution in [3.05, 3.63) is 78.8 Å². The molecule has 0 aliphatic rings. The zero-order valence-corrected chi connectivity index (χ0v) is 13.9. The Labute approximate surface area is 152 Å². The van der Waals surface area contributed by atoms with Gasteiger partial charge in [0.25, 0.3) is 0 Å². The molecular weight excluding hydrogens is 353 g/mol. The van der Waals surface area contributed by atoms with Crippen LogP contribution in [-0.2, 0) is 6.18 Å². The van der Waals surface area contributed by atoms with Crippen LogP contribution in [0, 0.1) is 0 Å². The molecule has 0 bridgehead atoms. The summed E-state index contributed by atoms with van der Waals surface area (Å²) >= 11 is 0. The molecule has 134 valence electrons. The summed E-state index contributed by atoms with van der Waals surface area (Å²) in [6.07, 6.45) is 0.505. The van der Waals surface area contributed by atoms with Crippen LogP contribution in [0.15, 0.2) is 73.2 Å². The molecule has 0 spiro atoms. The molecule has 0 atom stereocenters. The normalized spacial score (nSPS) is 11.5. The number of hydrogen-bond donors (Lipinski definition) is 1. The van der Waals surface area contributed by atoms with Gasteiger partial charge in [-0.2, -0.15) is 13.2 Å². The van der Waals surface area contributed by atoms with Gasteiger partial charge in [-0.3, -0.25) is 9.97 Å². The molecule has 4 aromatic rings. The van der Waals surface area contributed by atoms with Crippen molar-refractivity contribution >= 4 is 22.4 Å². The minimum Gasteiger partial charge on any atom is -0.339 e. The van der Waals surface area contributed by atoms with Gasteiger partial charge < -0.3 is 5.32 Å². The van der Waals surface area contributed by atoms with Gasteiger partial charge in [-0.1, -0.05) is 18.2 Å². The van der Waals surface area contributed by atoms with Crippen molar-refractivity contribution in [3.8, 4) is 11.3 Å². The summed E-state index contributed by atoms with van der Waals surface area (Å²) in [6.45, 7) is 0. The molecule has 7 heteroatoms. The molecule has 0 aliphatic heterocycles. The quantitative estimate of drug-likeness (QED) is 0.523. The molecule has 0 amide bonds. The van der Waals surface area contributed by atoms with E-state index in [0.717, 1.165) is 28.6 Å². The van der Waals surface area contributed by atoms with E-state index in [0.29, 0.717) is 17.2 Å². The number of aromatic nitrogens is 3. The fraction of sp³-hybridized carbons (Fsp3) is 0.0500. The highest BCUT2D eigenvalue weighted by atomic mass is 19.4. The number of hydrogen-bond acceptors (Lipinski definition) is 4. The topological polar surface area (TPSA) is 50.7 Å². The molecule has 4 nitrogen and oxygen atoms in total. The molecule has 4 rings (SSSR count). The molecule has 2 aromatic heterocycles. The van der Waals surface area contributed by atoms with Crippen molar-refractivity contribution in [2.45, 2.75) is 6.18 Å². The van der Waals surface area contributed by atoms with Gasteiger partial charge in [-0.15, -0.1) is 0 Å². The Morgan fingerprint density at radius 1 is 0.889 bits per heavy atom. The molecule has 0 fully saturated rings. The summed E-state index contributed by atoms with van der Waals surface area (Å²) in [7, 11) is 0. The lowest BCUT2D eigenvalue weighted by atomic mass is 10.1. The number of nitrogens with one attached hydrogen (secondary N) is 1. The molecule has 0 saturated heterocycles. The largest absolute Gasteiger partial charge is 0.416 e. The van der Waals surface area contributed by atoms with Gasteiger partial charge in [-0.05, 0) is 36.4 Å². The molecule has 1 N–H and O–H groups in total. The van der Waals surface area contributed by atoms with E-state index in [-0.39, 0.29) is 0 Å². The Hall–Kier alpha value is -3.48. The number of fused-ring (bicyclic) bond motifs is 1. The van der Waals surface area contributed by atoms with Crippen molar-refractivity contribution < 1.29 is 13.2 Å². The van der Waals surface area contributed by atoms with Crippen molar-refractivity contribution in [2.24, 2.45) is 0 Å². The molecule has 2 aromatic carbocycles. The van der Waals surface area contributed by atoms with Crippen LogP contribution in [0.4, 0.5) is 24.7 Å². The fourth-order valence-corrected chi connectivity index (χ4v) is 2.68. The highest BCUT2D eigenvalue weighted by Gasteiger charge is 2.29. The maximum Gasteiger partial charge on any atom is 0.416 e. The highest BCUT2D eigenvalue weighted by Crippen LogP contribution is 2.30. The minimum atomic E-state index is -4.36. The Balaban J connectivity index is 1.60. The minimum absolute atomic E-state index is 0.438. The molecule has 0 unspecified atom stereocenters. The summed E-state index contributed by atoms with van der Waals surface area (Å²) < 4.78 is 38.0. The predicted molar refractivity (Wildman–Crippen MR) is 97.5 cm³/mol. The van der Waals surface area contributed by atoms with Gasteiger partial charge >= 0.3 is 6.18 Å². The summed E-state index contributed by atoms with van der Waals surface area (Å²) in [5, 5.41) is 3.99. The van der Waals surface area contributed by atoms with E-state index in [1.807, 2.05) is 30.3 Å². The monoisotopic (exact) mass is 366 g/mol. The molecule has 0 saturated carbocycles. The average Bonchev–Trinajstić information content (AvgIpc) is 2.67. The van der Waals surface area contributed by atoms with Crippen LogP contribution in [0.3, 0.4) is 0 Å². The van der Waals surface area contributed by atoms with E-state index >= 15 is 0 Å². The van der Waals surface area contributed by atoms with E-state index in [2.05, 4.69) is 20.3 Å². The molecule has 27 heavy (non-hydrogen) atoms. The second-order valence-electron chi connectivity index (χ2n) is 5.90. The number of rotatable bonds is 3. The summed E-state index contributed by atoms with van der Waals surface area (Å²) in [5.74, 6) is 0.438. The molecule has 0 aliphatic carbocycles. The smallest absolute Gasteiger partial charge is 0.339 e. The first-order chi connectivity index (χ1) is 13.0. The Bertz CT molecular complexity index is 1090. The molecule has 2 heterocycles. The standard InChI is InChI=1S/C20H13F3N4/c21-20(22,23)15-5-7-16(8-6-15)26-19-12-24-11-18(27-19)14-4-3-13-2-1-9-25-17(13)10-14/h1-12H,(H,26,27). The zero-order chi connectivity index (χ0) is 18.9. The van der Waals surface area contributed by atoms with Gasteiger partial charge in [-0.25, -0.2) is 4.98 Å². The average molecular weight is 366 g/mol. The van der Waals surface area contributed by atoms with Crippen LogP contribution in [0.1, 0.15) is 5.56 Å². The maximum absolute atomic E-state index is 12.7. The van der Waals surface area contributed by atoms with Crippen LogP contribution >= 0.6 is 0 Å². The van der Waals surface area contributed by atoms with E-state index < -0.39 is 11.7 Å². The third-order valence-corrected chi connectivity index (χ3v) is 4.02. The Morgan fingerprint density at radius 2 is 1.70 bits per heavy atom. The summed E-state index contributed by atoms with van der Waals surface area (Å²) in [4.78, 5) is 13.0. The van der Waals surface area contributed by atoms with Gasteiger partial charge in [0, 0.05) is 22.8 Å². The van der Waals surface area contributed by atoms with Crippen LogP contribution in [-0.4, -0.2) is 15.0 Å². The zero-order valence-electron chi connectivity index (χ0n) is 13.9. The van der Waals surface area contributed by atoms with Crippen LogP contribution in [0.2, 0.25) is 0 Å². The van der Waals surface area contributed by atoms with Crippen LogP contribution in [0.5, 0.6) is 0 Å². The first-order valence-corrected chi connectivity index (χ1v) is 8.10. The lowest BCUT2D eigenvalue weighted by Crippen LogP contribution is -2.04. The second-order valence-corrected chi connectivity index (χ2v) is 5.90. The second kappa shape index (κ2) is 6.68. The van der Waals surface area contributed by atoms with Gasteiger partial charge in [0.2, 0.25) is 0 Å². The first kappa shape index (κ1) is 17.0. The van der Waals surface area contributed by atoms with Crippen molar-refractivity contribution in [1.82, 2.24) is 15.0 Å². The Morgan fingerprint density at radius 3 is 2.48 bits per heavy atom. The molecular formula is C20H13F3N4. The highest BCUT2D eigenvalue weighted by molar-refractivity contribution is 5.83. The Kier molecular flexibility index (Phi) is 4.19. The summed E-state index contributed by atoms with van der Waals surface area (Å²) in [6, 6.07) is 14.4. The number of nitrogens with zero attached hydrogens (tertiary/aromatic N) is 3. The third kappa shape index (κ3) is 3.72. The third-order valence-electron chi connectivity index (χ3n) is 4.02.